The van der Waals surface area contributed by atoms with Crippen molar-refractivity contribution >= 4 is 35.4 Å². The van der Waals surface area contributed by atoms with Gasteiger partial charge >= 0.3 is 17.9 Å². The summed E-state index contributed by atoms with van der Waals surface area (Å²) in [6.45, 7) is 2.85. The quantitative estimate of drug-likeness (QED) is 0.0904. The molecule has 14 heteroatoms. The van der Waals surface area contributed by atoms with Crippen LogP contribution in [0.5, 0.6) is 0 Å². The third-order valence-corrected chi connectivity index (χ3v) is 7.21. The number of nitrogens with one attached hydrogen (secondary N) is 3. The van der Waals surface area contributed by atoms with E-state index >= 15 is 0 Å². The summed E-state index contributed by atoms with van der Waals surface area (Å²) in [4.78, 5) is 73.4. The number of ether oxygens (including phenoxy) is 2. The molecule has 3 aromatic rings. The second-order valence-corrected chi connectivity index (χ2v) is 10.5. The number of carbonyl (C=O) groups excluding carboxylic acids is 4. The van der Waals surface area contributed by atoms with E-state index in [-0.39, 0.29) is 59.8 Å². The molecule has 1 heterocycles. The average Bonchev–Trinajstić information content (AvgIpc) is 3.07. The van der Waals surface area contributed by atoms with Gasteiger partial charge in [-0.05, 0) is 43.7 Å². The molecule has 4 rings (SSSR count). The Bertz CT molecular complexity index is 1830. The Morgan fingerprint density at radius 1 is 0.792 bits per heavy atom. The van der Waals surface area contributed by atoms with Gasteiger partial charge in [0.15, 0.2) is 0 Å². The van der Waals surface area contributed by atoms with Crippen LogP contribution in [0.15, 0.2) is 95.8 Å². The van der Waals surface area contributed by atoms with Crippen molar-refractivity contribution in [3.8, 4) is 0 Å². The predicted octanol–water partition coefficient (Wildman–Crippen LogP) is 3.72. The summed E-state index contributed by atoms with van der Waals surface area (Å²) in [7, 11) is 0. The number of nitro groups is 1. The maximum Gasteiger partial charge on any atom is 0.339 e. The highest BCUT2D eigenvalue weighted by Crippen LogP contribution is 2.34. The molecule has 48 heavy (non-hydrogen) atoms. The molecular weight excluding hydrogens is 624 g/mol. The molecular formula is C34H32N4O10. The molecule has 1 aliphatic rings. The molecule has 0 radical (unpaired) electrons. The lowest BCUT2D eigenvalue weighted by molar-refractivity contribution is -0.384. The fourth-order valence-electron chi connectivity index (χ4n) is 5.04. The van der Waals surface area contributed by atoms with E-state index in [9.17, 15) is 39.2 Å². The first-order chi connectivity index (χ1) is 23.0. The molecule has 1 unspecified atom stereocenters. The van der Waals surface area contributed by atoms with Gasteiger partial charge in [-0.15, -0.1) is 0 Å². The zero-order chi connectivity index (χ0) is 34.8. The van der Waals surface area contributed by atoms with E-state index in [1.807, 2.05) is 0 Å². The van der Waals surface area contributed by atoms with Gasteiger partial charge in [-0.2, -0.15) is 0 Å². The Balaban J connectivity index is 1.30. The minimum absolute atomic E-state index is 0.00892. The summed E-state index contributed by atoms with van der Waals surface area (Å²) in [6.07, 6.45) is 1.77. The van der Waals surface area contributed by atoms with Crippen molar-refractivity contribution in [2.24, 2.45) is 0 Å². The zero-order valence-corrected chi connectivity index (χ0v) is 26.0. The average molecular weight is 657 g/mol. The Morgan fingerprint density at radius 2 is 1.33 bits per heavy atom. The van der Waals surface area contributed by atoms with E-state index < -0.39 is 40.6 Å². The molecule has 0 saturated heterocycles. The van der Waals surface area contributed by atoms with E-state index in [4.69, 9.17) is 9.47 Å². The summed E-state index contributed by atoms with van der Waals surface area (Å²) in [5.41, 5.74) is 1.74. The number of non-ortho nitro benzene ring substituents is 1. The summed E-state index contributed by atoms with van der Waals surface area (Å²) >= 11 is 0. The Labute approximate surface area is 274 Å². The molecule has 0 saturated carbocycles. The Morgan fingerprint density at radius 3 is 1.92 bits per heavy atom. The topological polar surface area (TPSA) is 203 Å². The van der Waals surface area contributed by atoms with Crippen LogP contribution in [0.25, 0.3) is 0 Å². The van der Waals surface area contributed by atoms with Gasteiger partial charge in [-0.25, -0.2) is 14.4 Å². The first-order valence-electron chi connectivity index (χ1n) is 14.7. The van der Waals surface area contributed by atoms with Crippen molar-refractivity contribution in [3.63, 3.8) is 0 Å². The number of allylic oxidation sites excluding steroid dienone is 3. The van der Waals surface area contributed by atoms with Crippen LogP contribution >= 0.6 is 0 Å². The van der Waals surface area contributed by atoms with Gasteiger partial charge in [-0.3, -0.25) is 19.7 Å². The van der Waals surface area contributed by atoms with E-state index in [2.05, 4.69) is 16.0 Å². The van der Waals surface area contributed by atoms with Gasteiger partial charge in [0, 0.05) is 29.4 Å². The van der Waals surface area contributed by atoms with Crippen LogP contribution < -0.4 is 16.0 Å². The van der Waals surface area contributed by atoms with Crippen molar-refractivity contribution in [2.75, 3.05) is 26.3 Å². The van der Waals surface area contributed by atoms with Gasteiger partial charge in [0.2, 0.25) is 0 Å². The number of aromatic carboxylic acids is 1. The number of nitro benzene ring substituents is 1. The van der Waals surface area contributed by atoms with Gasteiger partial charge in [0.25, 0.3) is 17.5 Å². The van der Waals surface area contributed by atoms with Crippen molar-refractivity contribution in [1.29, 1.82) is 0 Å². The third-order valence-electron chi connectivity index (χ3n) is 7.21. The second-order valence-electron chi connectivity index (χ2n) is 10.5. The standard InChI is InChI=1S/C34H32N4O10/c1-20-18-28(22-8-7-9-23(19-22)38(45)46)29(21(2)37-20)34(44)48-17-15-36-31(40)25-11-4-6-13-27(25)33(43)47-16-14-35-30(39)24-10-3-5-12-26(24)32(41)42/h3-13,18-19,28,37H,14-17H2,1-2H3,(H,35,39)(H,36,40)(H,41,42). The monoisotopic (exact) mass is 656 g/mol. The highest BCUT2D eigenvalue weighted by atomic mass is 16.6. The van der Waals surface area contributed by atoms with Crippen molar-refractivity contribution in [3.05, 3.63) is 134 Å². The number of dihydropyridines is 1. The largest absolute Gasteiger partial charge is 0.478 e. The first-order valence-corrected chi connectivity index (χ1v) is 14.7. The molecule has 1 atom stereocenters. The maximum atomic E-state index is 13.2. The lowest BCUT2D eigenvalue weighted by Gasteiger charge is -2.25. The number of hydrogen-bond acceptors (Lipinski definition) is 10. The number of benzene rings is 3. The fourth-order valence-corrected chi connectivity index (χ4v) is 5.04. The van der Waals surface area contributed by atoms with Crippen LogP contribution in [0.1, 0.15) is 66.8 Å². The second kappa shape index (κ2) is 15.8. The van der Waals surface area contributed by atoms with E-state index in [1.54, 1.807) is 44.2 Å². The highest BCUT2D eigenvalue weighted by Gasteiger charge is 2.29. The number of amides is 2. The Hall–Kier alpha value is -6.31. The smallest absolute Gasteiger partial charge is 0.339 e. The number of rotatable bonds is 13. The number of hydrogen-bond donors (Lipinski definition) is 4. The van der Waals surface area contributed by atoms with Gasteiger partial charge in [0.05, 0.1) is 45.8 Å². The van der Waals surface area contributed by atoms with Crippen molar-refractivity contribution < 1.29 is 43.5 Å². The molecule has 0 bridgehead atoms. The minimum atomic E-state index is -1.26. The molecule has 0 fully saturated rings. The van der Waals surface area contributed by atoms with E-state index in [0.717, 1.165) is 5.70 Å². The van der Waals surface area contributed by atoms with Crippen LogP contribution in [-0.4, -0.2) is 66.1 Å². The Kier molecular flexibility index (Phi) is 11.4. The number of carboxylic acid groups (broad SMARTS) is 1. The molecule has 1 aliphatic heterocycles. The molecule has 0 aromatic heterocycles. The van der Waals surface area contributed by atoms with Crippen LogP contribution in [0.2, 0.25) is 0 Å². The summed E-state index contributed by atoms with van der Waals surface area (Å²) in [5.74, 6) is -4.62. The fraction of sp³-hybridized carbons (Fsp3) is 0.206. The number of carboxylic acids is 1. The maximum absolute atomic E-state index is 13.2. The number of nitrogens with zero attached hydrogens (tertiary/aromatic N) is 1. The van der Waals surface area contributed by atoms with Gasteiger partial charge in [0.1, 0.15) is 13.2 Å². The molecule has 14 nitrogen and oxygen atoms in total. The molecule has 0 spiro atoms. The molecule has 0 aliphatic carbocycles. The minimum Gasteiger partial charge on any atom is -0.478 e. The lowest BCUT2D eigenvalue weighted by atomic mass is 9.86. The predicted molar refractivity (Wildman–Crippen MR) is 171 cm³/mol. The van der Waals surface area contributed by atoms with Crippen LogP contribution in [0.4, 0.5) is 5.69 Å². The molecule has 4 N–H and O–H groups in total. The van der Waals surface area contributed by atoms with Crippen LogP contribution in [-0.2, 0) is 14.3 Å². The molecule has 2 amide bonds. The number of esters is 2. The van der Waals surface area contributed by atoms with Crippen LogP contribution in [0.3, 0.4) is 0 Å². The van der Waals surface area contributed by atoms with Gasteiger partial charge in [-0.1, -0.05) is 42.5 Å². The highest BCUT2D eigenvalue weighted by molar-refractivity contribution is 6.06. The summed E-state index contributed by atoms with van der Waals surface area (Å²) < 4.78 is 10.7. The van der Waals surface area contributed by atoms with E-state index in [1.165, 1.54) is 48.5 Å². The third kappa shape index (κ3) is 8.48. The normalized spacial score (nSPS) is 13.8. The van der Waals surface area contributed by atoms with E-state index in [0.29, 0.717) is 11.3 Å². The molecule has 3 aromatic carbocycles. The number of carbonyl (C=O) groups is 5. The first kappa shape index (κ1) is 34.6. The lowest BCUT2D eigenvalue weighted by Crippen LogP contribution is -2.31. The van der Waals surface area contributed by atoms with Crippen LogP contribution in [0, 0.1) is 10.1 Å². The molecule has 248 valence electrons. The summed E-state index contributed by atoms with van der Waals surface area (Å²) in [6, 6.07) is 17.6. The summed E-state index contributed by atoms with van der Waals surface area (Å²) in [5, 5.41) is 28.7. The SMILES string of the molecule is CC1=CC(c2cccc([N+](=O)[O-])c2)C(C(=O)OCCNC(=O)c2ccccc2C(=O)OCCNC(=O)c2ccccc2C(=O)O)=C(C)N1. The zero-order valence-electron chi connectivity index (χ0n) is 26.0. The van der Waals surface area contributed by atoms with Crippen molar-refractivity contribution in [2.45, 2.75) is 19.8 Å². The van der Waals surface area contributed by atoms with Gasteiger partial charge < -0.3 is 30.5 Å². The van der Waals surface area contributed by atoms with Crippen molar-refractivity contribution in [1.82, 2.24) is 16.0 Å².